The Morgan fingerprint density at radius 3 is 2.83 bits per heavy atom. The van der Waals surface area contributed by atoms with Gasteiger partial charge in [-0.05, 0) is 24.1 Å². The highest BCUT2D eigenvalue weighted by Gasteiger charge is 2.63. The van der Waals surface area contributed by atoms with Gasteiger partial charge in [-0.2, -0.15) is 0 Å². The Hall–Kier alpha value is -1.95. The fraction of sp³-hybridized carbons (Fsp3) is 0.471. The van der Waals surface area contributed by atoms with Crippen LogP contribution in [-0.4, -0.2) is 31.0 Å². The summed E-state index contributed by atoms with van der Waals surface area (Å²) in [5.74, 6) is -0.567. The molecule has 2 saturated carbocycles. The van der Waals surface area contributed by atoms with E-state index >= 15 is 0 Å². The van der Waals surface area contributed by atoms with Gasteiger partial charge in [0.25, 0.3) is 0 Å². The molecule has 0 aliphatic heterocycles. The molecule has 1 aromatic rings. The number of amides is 1. The van der Waals surface area contributed by atoms with Crippen molar-refractivity contribution in [1.82, 2.24) is 5.32 Å². The van der Waals surface area contributed by atoms with Gasteiger partial charge in [0.15, 0.2) is 0 Å². The molecule has 2 aliphatic carbocycles. The molecule has 2 aliphatic rings. The molecule has 4 nitrogen and oxygen atoms in total. The number of rotatable bonds is 6. The fourth-order valence-electron chi connectivity index (χ4n) is 3.23. The first-order chi connectivity index (χ1) is 11.1. The number of alkyl carbamates (subject to hydrolysis) is 1. The Labute approximate surface area is 133 Å². The van der Waals surface area contributed by atoms with Gasteiger partial charge < -0.3 is 14.8 Å². The summed E-state index contributed by atoms with van der Waals surface area (Å²) in [5.41, 5.74) is 0.830. The predicted molar refractivity (Wildman–Crippen MR) is 79.9 cm³/mol. The Morgan fingerprint density at radius 2 is 2.13 bits per heavy atom. The molecule has 0 aromatic heterocycles. The van der Waals surface area contributed by atoms with E-state index in [1.54, 1.807) is 12.1 Å². The van der Waals surface area contributed by atoms with Crippen LogP contribution in [0.15, 0.2) is 36.9 Å². The van der Waals surface area contributed by atoms with E-state index < -0.39 is 18.3 Å². The van der Waals surface area contributed by atoms with Gasteiger partial charge in [-0.15, -0.1) is 0 Å². The monoisotopic (exact) mass is 323 g/mol. The summed E-state index contributed by atoms with van der Waals surface area (Å²) < 4.78 is 37.2. The van der Waals surface area contributed by atoms with Crippen LogP contribution in [0.2, 0.25) is 0 Å². The standard InChI is InChI=1S/C17H19F2NO3/c1-2-7-22-17(21)20-16-13(8-12-14(16)15(12)19)23-9-10-3-5-11(18)6-4-10/h2-6,12-16H,1,7-9H2,(H,20,21)/t12-,13-,14+,15?,16?/m1/s1. The van der Waals surface area contributed by atoms with Gasteiger partial charge in [0.2, 0.25) is 0 Å². The minimum atomic E-state index is -0.884. The van der Waals surface area contributed by atoms with Crippen LogP contribution in [0, 0.1) is 17.7 Å². The number of carbonyl (C=O) groups is 1. The average molecular weight is 323 g/mol. The van der Waals surface area contributed by atoms with E-state index in [0.29, 0.717) is 13.0 Å². The molecular weight excluding hydrogens is 304 g/mol. The second-order valence-corrected chi connectivity index (χ2v) is 5.95. The van der Waals surface area contributed by atoms with Gasteiger partial charge >= 0.3 is 6.09 Å². The summed E-state index contributed by atoms with van der Waals surface area (Å²) in [6, 6.07) is 5.62. The normalized spacial score (nSPS) is 31.3. The van der Waals surface area contributed by atoms with Crippen molar-refractivity contribution >= 4 is 6.09 Å². The molecule has 23 heavy (non-hydrogen) atoms. The molecule has 2 fully saturated rings. The molecule has 0 heterocycles. The van der Waals surface area contributed by atoms with Crippen molar-refractivity contribution in [3.05, 3.63) is 48.3 Å². The van der Waals surface area contributed by atoms with E-state index in [0.717, 1.165) is 5.56 Å². The number of fused-ring (bicyclic) bond motifs is 1. The lowest BCUT2D eigenvalue weighted by Gasteiger charge is -2.24. The number of alkyl halides is 1. The maximum absolute atomic E-state index is 13.6. The Bertz CT molecular complexity index is 578. The molecule has 1 amide bonds. The number of carbonyl (C=O) groups excluding carboxylic acids is 1. The number of ether oxygens (including phenoxy) is 2. The van der Waals surface area contributed by atoms with E-state index in [9.17, 15) is 13.6 Å². The van der Waals surface area contributed by atoms with E-state index in [4.69, 9.17) is 9.47 Å². The second-order valence-electron chi connectivity index (χ2n) is 5.95. The van der Waals surface area contributed by atoms with Crippen molar-refractivity contribution in [2.24, 2.45) is 11.8 Å². The van der Waals surface area contributed by atoms with Gasteiger partial charge in [0.05, 0.1) is 18.8 Å². The summed E-state index contributed by atoms with van der Waals surface area (Å²) in [5, 5.41) is 2.70. The second kappa shape index (κ2) is 6.66. The van der Waals surface area contributed by atoms with Crippen molar-refractivity contribution < 1.29 is 23.0 Å². The van der Waals surface area contributed by atoms with E-state index in [1.807, 2.05) is 0 Å². The average Bonchev–Trinajstić information content (AvgIpc) is 3.01. The van der Waals surface area contributed by atoms with Crippen LogP contribution in [0.5, 0.6) is 0 Å². The Morgan fingerprint density at radius 1 is 1.39 bits per heavy atom. The quantitative estimate of drug-likeness (QED) is 0.819. The van der Waals surface area contributed by atoms with Crippen molar-refractivity contribution in [3.63, 3.8) is 0 Å². The molecule has 124 valence electrons. The van der Waals surface area contributed by atoms with Crippen LogP contribution < -0.4 is 5.32 Å². The van der Waals surface area contributed by atoms with Crippen molar-refractivity contribution in [2.75, 3.05) is 6.61 Å². The van der Waals surface area contributed by atoms with Gasteiger partial charge in [0.1, 0.15) is 18.6 Å². The van der Waals surface area contributed by atoms with Crippen molar-refractivity contribution in [3.8, 4) is 0 Å². The predicted octanol–water partition coefficient (Wildman–Crippen LogP) is 2.98. The number of hydrogen-bond donors (Lipinski definition) is 1. The van der Waals surface area contributed by atoms with Gasteiger partial charge in [-0.3, -0.25) is 0 Å². The molecule has 0 spiro atoms. The first-order valence-corrected chi connectivity index (χ1v) is 7.64. The zero-order valence-corrected chi connectivity index (χ0v) is 12.6. The smallest absolute Gasteiger partial charge is 0.407 e. The summed E-state index contributed by atoms with van der Waals surface area (Å²) in [4.78, 5) is 11.7. The minimum Gasteiger partial charge on any atom is -0.445 e. The van der Waals surface area contributed by atoms with Crippen LogP contribution in [0.3, 0.4) is 0 Å². The Kier molecular flexibility index (Phi) is 4.61. The minimum absolute atomic E-state index is 0.0575. The van der Waals surface area contributed by atoms with Crippen LogP contribution in [0.4, 0.5) is 13.6 Å². The zero-order chi connectivity index (χ0) is 16.4. The van der Waals surface area contributed by atoms with Crippen LogP contribution in [-0.2, 0) is 16.1 Å². The summed E-state index contributed by atoms with van der Waals surface area (Å²) >= 11 is 0. The third-order valence-corrected chi connectivity index (χ3v) is 4.44. The zero-order valence-electron chi connectivity index (χ0n) is 12.6. The van der Waals surface area contributed by atoms with Crippen molar-refractivity contribution in [2.45, 2.75) is 31.3 Å². The van der Waals surface area contributed by atoms with E-state index in [1.165, 1.54) is 18.2 Å². The maximum Gasteiger partial charge on any atom is 0.407 e. The number of halogens is 2. The molecule has 0 bridgehead atoms. The molecule has 1 aromatic carbocycles. The molecule has 1 N–H and O–H groups in total. The molecule has 2 unspecified atom stereocenters. The molecule has 6 heteroatoms. The lowest BCUT2D eigenvalue weighted by Crippen LogP contribution is -2.44. The van der Waals surface area contributed by atoms with Crippen LogP contribution in [0.1, 0.15) is 12.0 Å². The molecule has 3 rings (SSSR count). The molecular formula is C17H19F2NO3. The van der Waals surface area contributed by atoms with Gasteiger partial charge in [0, 0.05) is 11.8 Å². The molecule has 0 saturated heterocycles. The first kappa shape index (κ1) is 15.9. The molecule has 5 atom stereocenters. The van der Waals surface area contributed by atoms with Crippen LogP contribution in [0.25, 0.3) is 0 Å². The highest BCUT2D eigenvalue weighted by Crippen LogP contribution is 2.55. The largest absolute Gasteiger partial charge is 0.445 e. The SMILES string of the molecule is C=CCOC(=O)NC1[C@@H]2C(F)[C@@H]2C[C@H]1OCc1ccc(F)cc1. The van der Waals surface area contributed by atoms with E-state index in [2.05, 4.69) is 11.9 Å². The number of benzene rings is 1. The first-order valence-electron chi connectivity index (χ1n) is 7.64. The third kappa shape index (κ3) is 3.52. The highest BCUT2D eigenvalue weighted by atomic mass is 19.1. The lowest BCUT2D eigenvalue weighted by atomic mass is 10.1. The maximum atomic E-state index is 13.6. The number of hydrogen-bond acceptors (Lipinski definition) is 3. The van der Waals surface area contributed by atoms with Crippen molar-refractivity contribution in [1.29, 1.82) is 0 Å². The van der Waals surface area contributed by atoms with Gasteiger partial charge in [-0.25, -0.2) is 13.6 Å². The summed E-state index contributed by atoms with van der Waals surface area (Å²) in [7, 11) is 0. The third-order valence-electron chi connectivity index (χ3n) is 4.44. The van der Waals surface area contributed by atoms with E-state index in [-0.39, 0.29) is 30.4 Å². The summed E-state index contributed by atoms with van der Waals surface area (Å²) in [6.07, 6.45) is 0.294. The molecule has 0 radical (unpaired) electrons. The summed E-state index contributed by atoms with van der Waals surface area (Å²) in [6.45, 7) is 3.86. The number of nitrogens with one attached hydrogen (secondary N) is 1. The highest BCUT2D eigenvalue weighted by molar-refractivity contribution is 5.68. The topological polar surface area (TPSA) is 47.6 Å². The fourth-order valence-corrected chi connectivity index (χ4v) is 3.23. The lowest BCUT2D eigenvalue weighted by molar-refractivity contribution is 0.0124. The van der Waals surface area contributed by atoms with Gasteiger partial charge in [-0.1, -0.05) is 24.8 Å². The van der Waals surface area contributed by atoms with Crippen LogP contribution >= 0.6 is 0 Å². The Balaban J connectivity index is 1.56.